The van der Waals surface area contributed by atoms with E-state index in [0.29, 0.717) is 11.1 Å². The Bertz CT molecular complexity index is 842. The Labute approximate surface area is 170 Å². The van der Waals surface area contributed by atoms with E-state index in [9.17, 15) is 14.4 Å². The van der Waals surface area contributed by atoms with Crippen LogP contribution in [0.5, 0.6) is 0 Å². The third-order valence-electron chi connectivity index (χ3n) is 3.76. The van der Waals surface area contributed by atoms with Crippen molar-refractivity contribution in [2.45, 2.75) is 39.9 Å². The summed E-state index contributed by atoms with van der Waals surface area (Å²) in [5.74, 6) is -0.853. The molecule has 0 aliphatic carbocycles. The van der Waals surface area contributed by atoms with Crippen molar-refractivity contribution in [1.29, 1.82) is 0 Å². The first-order valence-electron chi connectivity index (χ1n) is 9.32. The Morgan fingerprint density at radius 2 is 1.55 bits per heavy atom. The Morgan fingerprint density at radius 1 is 0.931 bits per heavy atom. The van der Waals surface area contributed by atoms with Crippen molar-refractivity contribution in [3.05, 3.63) is 71.3 Å². The van der Waals surface area contributed by atoms with Crippen molar-refractivity contribution in [2.75, 3.05) is 6.54 Å². The molecule has 0 fully saturated rings. The first-order chi connectivity index (χ1) is 13.7. The minimum absolute atomic E-state index is 0.0919. The van der Waals surface area contributed by atoms with Crippen LogP contribution in [-0.4, -0.2) is 35.1 Å². The monoisotopic (exact) mass is 398 g/mol. The van der Waals surface area contributed by atoms with E-state index in [4.69, 9.17) is 9.47 Å². The highest BCUT2D eigenvalue weighted by molar-refractivity contribution is 5.95. The van der Waals surface area contributed by atoms with E-state index >= 15 is 0 Å². The first kappa shape index (κ1) is 21.9. The first-order valence-corrected chi connectivity index (χ1v) is 9.32. The average Bonchev–Trinajstić information content (AvgIpc) is 2.69. The van der Waals surface area contributed by atoms with Crippen molar-refractivity contribution in [3.8, 4) is 0 Å². The van der Waals surface area contributed by atoms with Gasteiger partial charge in [-0.15, -0.1) is 0 Å². The molecule has 0 saturated heterocycles. The normalized spacial score (nSPS) is 10.8. The van der Waals surface area contributed by atoms with Crippen LogP contribution >= 0.6 is 0 Å². The number of hydrogen-bond donors (Lipinski definition) is 1. The summed E-state index contributed by atoms with van der Waals surface area (Å²) in [5, 5.41) is 1.11. The number of nitrogens with zero attached hydrogens (tertiary/aromatic N) is 1. The van der Waals surface area contributed by atoms with E-state index < -0.39 is 23.6 Å². The predicted molar refractivity (Wildman–Crippen MR) is 108 cm³/mol. The summed E-state index contributed by atoms with van der Waals surface area (Å²) in [5.41, 5.74) is 3.46. The van der Waals surface area contributed by atoms with Gasteiger partial charge >= 0.3 is 12.1 Å². The van der Waals surface area contributed by atoms with E-state index in [1.165, 1.54) is 0 Å². The van der Waals surface area contributed by atoms with Gasteiger partial charge in [0.1, 0.15) is 12.2 Å². The Kier molecular flexibility index (Phi) is 7.36. The molecule has 1 N–H and O–H groups in total. The zero-order valence-corrected chi connectivity index (χ0v) is 17.1. The number of nitrogens with one attached hydrogen (secondary N) is 1. The second-order valence-corrected chi connectivity index (χ2v) is 7.30. The summed E-state index contributed by atoms with van der Waals surface area (Å²) in [4.78, 5) is 36.5. The van der Waals surface area contributed by atoms with Gasteiger partial charge in [0.15, 0.2) is 0 Å². The lowest BCUT2D eigenvalue weighted by Crippen LogP contribution is -2.48. The molecular weight excluding hydrogens is 372 g/mol. The van der Waals surface area contributed by atoms with E-state index in [1.54, 1.807) is 76.2 Å². The molecule has 0 spiro atoms. The van der Waals surface area contributed by atoms with Crippen LogP contribution in [0.25, 0.3) is 0 Å². The summed E-state index contributed by atoms with van der Waals surface area (Å²) >= 11 is 0. The van der Waals surface area contributed by atoms with Crippen molar-refractivity contribution < 1.29 is 23.9 Å². The van der Waals surface area contributed by atoms with Crippen LogP contribution in [0.1, 0.15) is 54.0 Å². The smallest absolute Gasteiger partial charge is 0.429 e. The Morgan fingerprint density at radius 3 is 2.10 bits per heavy atom. The van der Waals surface area contributed by atoms with Crippen LogP contribution in [-0.2, 0) is 16.1 Å². The number of hydrogen-bond acceptors (Lipinski definition) is 5. The SMILES string of the molecule is CCN(NC(=O)c1ccc(COC(=O)c2ccccc2)cc1)C(=O)OC(C)(C)C. The fourth-order valence-corrected chi connectivity index (χ4v) is 2.32. The van der Waals surface area contributed by atoms with Crippen molar-refractivity contribution in [3.63, 3.8) is 0 Å². The van der Waals surface area contributed by atoms with Crippen molar-refractivity contribution >= 4 is 18.0 Å². The molecule has 0 bridgehead atoms. The van der Waals surface area contributed by atoms with Gasteiger partial charge in [-0.05, 0) is 57.5 Å². The van der Waals surface area contributed by atoms with Crippen LogP contribution in [0.4, 0.5) is 4.79 Å². The molecule has 0 saturated carbocycles. The van der Waals surface area contributed by atoms with E-state index in [1.807, 2.05) is 6.07 Å². The van der Waals surface area contributed by atoms with Gasteiger partial charge in [-0.25, -0.2) is 14.6 Å². The molecule has 2 rings (SSSR count). The third kappa shape index (κ3) is 6.95. The van der Waals surface area contributed by atoms with Gasteiger partial charge in [0.05, 0.1) is 5.56 Å². The lowest BCUT2D eigenvalue weighted by atomic mass is 10.1. The number of benzene rings is 2. The Hall–Kier alpha value is -3.35. The molecule has 0 unspecified atom stereocenters. The predicted octanol–water partition coefficient (Wildman–Crippen LogP) is 3.95. The average molecular weight is 398 g/mol. The zero-order valence-electron chi connectivity index (χ0n) is 17.1. The van der Waals surface area contributed by atoms with Gasteiger partial charge < -0.3 is 9.47 Å². The molecule has 0 aliphatic rings. The molecule has 29 heavy (non-hydrogen) atoms. The molecule has 0 radical (unpaired) electrons. The van der Waals surface area contributed by atoms with E-state index in [-0.39, 0.29) is 13.2 Å². The van der Waals surface area contributed by atoms with Crippen LogP contribution < -0.4 is 5.43 Å². The molecule has 7 heteroatoms. The number of rotatable bonds is 5. The number of amides is 2. The van der Waals surface area contributed by atoms with Crippen molar-refractivity contribution in [1.82, 2.24) is 10.4 Å². The third-order valence-corrected chi connectivity index (χ3v) is 3.76. The molecule has 154 valence electrons. The van der Waals surface area contributed by atoms with Gasteiger partial charge in [-0.2, -0.15) is 0 Å². The number of esters is 1. The van der Waals surface area contributed by atoms with Gasteiger partial charge in [0.25, 0.3) is 5.91 Å². The molecule has 7 nitrogen and oxygen atoms in total. The minimum atomic E-state index is -0.659. The summed E-state index contributed by atoms with van der Waals surface area (Å²) < 4.78 is 10.5. The maximum atomic E-state index is 12.4. The summed E-state index contributed by atoms with van der Waals surface area (Å²) in [6, 6.07) is 15.3. The topological polar surface area (TPSA) is 84.9 Å². The van der Waals surface area contributed by atoms with E-state index in [2.05, 4.69) is 5.43 Å². The fraction of sp³-hybridized carbons (Fsp3) is 0.318. The molecule has 0 heterocycles. The number of hydrazine groups is 1. The zero-order chi connectivity index (χ0) is 21.4. The second-order valence-electron chi connectivity index (χ2n) is 7.30. The van der Waals surface area contributed by atoms with Crippen LogP contribution in [0, 0.1) is 0 Å². The lowest BCUT2D eigenvalue weighted by molar-refractivity contribution is 0.0146. The molecule has 0 aliphatic heterocycles. The maximum Gasteiger partial charge on any atom is 0.429 e. The van der Waals surface area contributed by atoms with Gasteiger partial charge in [0, 0.05) is 12.1 Å². The van der Waals surface area contributed by atoms with Gasteiger partial charge in [-0.3, -0.25) is 10.2 Å². The van der Waals surface area contributed by atoms with Crippen LogP contribution in [0.3, 0.4) is 0 Å². The highest BCUT2D eigenvalue weighted by atomic mass is 16.6. The highest BCUT2D eigenvalue weighted by Gasteiger charge is 2.22. The number of ether oxygens (including phenoxy) is 2. The molecule has 2 aromatic rings. The summed E-state index contributed by atoms with van der Waals surface area (Å²) in [6.45, 7) is 7.34. The molecule has 2 aromatic carbocycles. The largest absolute Gasteiger partial charge is 0.457 e. The van der Waals surface area contributed by atoms with Gasteiger partial charge in [-0.1, -0.05) is 30.3 Å². The second kappa shape index (κ2) is 9.73. The standard InChI is InChI=1S/C22H26N2O5/c1-5-24(21(27)29-22(2,3)4)23-19(25)17-13-11-16(12-14-17)15-28-20(26)18-9-7-6-8-10-18/h6-14H,5,15H2,1-4H3,(H,23,25). The minimum Gasteiger partial charge on any atom is -0.457 e. The summed E-state index contributed by atoms with van der Waals surface area (Å²) in [6.07, 6.45) is -0.627. The van der Waals surface area contributed by atoms with Crippen LogP contribution in [0.2, 0.25) is 0 Å². The maximum absolute atomic E-state index is 12.4. The van der Waals surface area contributed by atoms with Gasteiger partial charge in [0.2, 0.25) is 0 Å². The number of carbonyl (C=O) groups excluding carboxylic acids is 3. The highest BCUT2D eigenvalue weighted by Crippen LogP contribution is 2.11. The van der Waals surface area contributed by atoms with E-state index in [0.717, 1.165) is 10.6 Å². The Balaban J connectivity index is 1.92. The lowest BCUT2D eigenvalue weighted by Gasteiger charge is -2.26. The number of carbonyl (C=O) groups is 3. The molecule has 2 amide bonds. The molecular formula is C22H26N2O5. The van der Waals surface area contributed by atoms with Crippen molar-refractivity contribution in [2.24, 2.45) is 0 Å². The fourth-order valence-electron chi connectivity index (χ4n) is 2.32. The molecule has 0 aromatic heterocycles. The summed E-state index contributed by atoms with van der Waals surface area (Å²) in [7, 11) is 0. The van der Waals surface area contributed by atoms with Crippen LogP contribution in [0.15, 0.2) is 54.6 Å². The molecule has 0 atom stereocenters. The quantitative estimate of drug-likeness (QED) is 0.609.